The SMILES string of the molecule is CCn1cc(NC(=O)c2cc(C3CC3NC3CCN(CC(F)(F)F)CC3)sc2C)cn1. The van der Waals surface area contributed by atoms with Crippen LogP contribution in [0.4, 0.5) is 18.9 Å². The van der Waals surface area contributed by atoms with Gasteiger partial charge in [0.1, 0.15) is 0 Å². The quantitative estimate of drug-likeness (QED) is 0.663. The number of nitrogens with zero attached hydrogens (tertiary/aromatic N) is 3. The first-order valence-electron chi connectivity index (χ1n) is 10.7. The first kappa shape index (κ1) is 22.3. The summed E-state index contributed by atoms with van der Waals surface area (Å²) in [5, 5.41) is 10.7. The summed E-state index contributed by atoms with van der Waals surface area (Å²) in [6.07, 6.45) is 1.81. The normalized spacial score (nSPS) is 22.6. The number of nitrogens with one attached hydrogen (secondary N) is 2. The molecule has 2 N–H and O–H groups in total. The Balaban J connectivity index is 1.28. The third kappa shape index (κ3) is 5.67. The molecular weight excluding hydrogens is 427 g/mol. The molecule has 4 rings (SSSR count). The summed E-state index contributed by atoms with van der Waals surface area (Å²) in [5.41, 5.74) is 1.37. The molecule has 6 nitrogen and oxygen atoms in total. The molecule has 2 aliphatic rings. The van der Waals surface area contributed by atoms with Crippen molar-refractivity contribution in [1.82, 2.24) is 20.0 Å². The lowest BCUT2D eigenvalue weighted by Crippen LogP contribution is -2.46. The Morgan fingerprint density at radius 2 is 2.06 bits per heavy atom. The van der Waals surface area contributed by atoms with Crippen LogP contribution in [0, 0.1) is 6.92 Å². The standard InChI is InChI=1S/C21H28F3N5OS/c1-3-29-11-15(10-25-29)27-20(30)16-9-19(31-13(16)2)17-8-18(17)26-14-4-6-28(7-5-14)12-21(22,23)24/h9-11,14,17-18,26H,3-8,12H2,1-2H3,(H,27,30). The van der Waals surface area contributed by atoms with Crippen molar-refractivity contribution in [2.45, 2.75) is 63.8 Å². The molecule has 0 spiro atoms. The monoisotopic (exact) mass is 455 g/mol. The second-order valence-corrected chi connectivity index (χ2v) is 9.73. The molecule has 2 aromatic rings. The van der Waals surface area contributed by atoms with Crippen LogP contribution in [0.3, 0.4) is 0 Å². The number of aryl methyl sites for hydroxylation is 2. The van der Waals surface area contributed by atoms with E-state index >= 15 is 0 Å². The van der Waals surface area contributed by atoms with E-state index in [9.17, 15) is 18.0 Å². The van der Waals surface area contributed by atoms with Crippen molar-refractivity contribution in [2.75, 3.05) is 25.0 Å². The maximum atomic E-state index is 12.7. The van der Waals surface area contributed by atoms with Crippen LogP contribution in [0.25, 0.3) is 0 Å². The molecule has 0 aromatic carbocycles. The fourth-order valence-corrected chi connectivity index (χ4v) is 5.42. The topological polar surface area (TPSA) is 62.2 Å². The number of halogens is 3. The molecule has 1 aliphatic heterocycles. The largest absolute Gasteiger partial charge is 0.401 e. The lowest BCUT2D eigenvalue weighted by atomic mass is 10.0. The highest BCUT2D eigenvalue weighted by atomic mass is 32.1. The molecule has 0 radical (unpaired) electrons. The number of anilines is 1. The zero-order chi connectivity index (χ0) is 22.2. The molecule has 1 saturated carbocycles. The van der Waals surface area contributed by atoms with E-state index in [1.54, 1.807) is 28.4 Å². The first-order valence-corrected chi connectivity index (χ1v) is 11.5. The van der Waals surface area contributed by atoms with Gasteiger partial charge in [0, 0.05) is 40.5 Å². The van der Waals surface area contributed by atoms with Crippen LogP contribution in [-0.4, -0.2) is 58.5 Å². The van der Waals surface area contributed by atoms with Gasteiger partial charge >= 0.3 is 6.18 Å². The molecule has 170 valence electrons. The van der Waals surface area contributed by atoms with Crippen molar-refractivity contribution in [3.63, 3.8) is 0 Å². The minimum absolute atomic E-state index is 0.127. The minimum Gasteiger partial charge on any atom is -0.319 e. The Hall–Kier alpha value is -1.91. The van der Waals surface area contributed by atoms with E-state index in [-0.39, 0.29) is 11.9 Å². The van der Waals surface area contributed by atoms with Crippen LogP contribution in [0.5, 0.6) is 0 Å². The Labute approximate surface area is 183 Å². The molecule has 0 bridgehead atoms. The predicted octanol–water partition coefficient (Wildman–Crippen LogP) is 4.00. The van der Waals surface area contributed by atoms with Gasteiger partial charge in [-0.15, -0.1) is 11.3 Å². The number of alkyl halides is 3. The summed E-state index contributed by atoms with van der Waals surface area (Å²) < 4.78 is 39.4. The Morgan fingerprint density at radius 3 is 2.71 bits per heavy atom. The van der Waals surface area contributed by atoms with Crippen LogP contribution in [-0.2, 0) is 6.54 Å². The molecule has 3 heterocycles. The maximum Gasteiger partial charge on any atom is 0.401 e. The average Bonchev–Trinajstić information content (AvgIpc) is 3.12. The summed E-state index contributed by atoms with van der Waals surface area (Å²) in [7, 11) is 0. The van der Waals surface area contributed by atoms with Crippen molar-refractivity contribution in [3.8, 4) is 0 Å². The van der Waals surface area contributed by atoms with Crippen molar-refractivity contribution >= 4 is 22.9 Å². The van der Waals surface area contributed by atoms with Crippen molar-refractivity contribution in [1.29, 1.82) is 0 Å². The maximum absolute atomic E-state index is 12.7. The summed E-state index contributed by atoms with van der Waals surface area (Å²) in [6, 6.07) is 2.59. The first-order chi connectivity index (χ1) is 14.7. The summed E-state index contributed by atoms with van der Waals surface area (Å²) in [4.78, 5) is 16.3. The van der Waals surface area contributed by atoms with E-state index in [2.05, 4.69) is 15.7 Å². The number of hydrogen-bond donors (Lipinski definition) is 2. The van der Waals surface area contributed by atoms with Gasteiger partial charge in [0.2, 0.25) is 0 Å². The van der Waals surface area contributed by atoms with Gasteiger partial charge in [0.05, 0.1) is 24.0 Å². The van der Waals surface area contributed by atoms with E-state index in [1.165, 1.54) is 9.78 Å². The van der Waals surface area contributed by atoms with E-state index in [4.69, 9.17) is 0 Å². The highest BCUT2D eigenvalue weighted by Gasteiger charge is 2.42. The Bertz CT molecular complexity index is 917. The number of piperidine rings is 1. The number of aromatic nitrogens is 2. The lowest BCUT2D eigenvalue weighted by molar-refractivity contribution is -0.148. The third-order valence-electron chi connectivity index (χ3n) is 5.99. The molecule has 1 amide bonds. The van der Waals surface area contributed by atoms with Gasteiger partial charge in [-0.2, -0.15) is 18.3 Å². The average molecular weight is 456 g/mol. The molecular formula is C21H28F3N5OS. The molecule has 2 aromatic heterocycles. The Morgan fingerprint density at radius 1 is 1.32 bits per heavy atom. The van der Waals surface area contributed by atoms with Crippen LogP contribution in [0.1, 0.15) is 52.2 Å². The van der Waals surface area contributed by atoms with Crippen molar-refractivity contribution < 1.29 is 18.0 Å². The fourth-order valence-electron chi connectivity index (χ4n) is 4.22. The van der Waals surface area contributed by atoms with Gasteiger partial charge in [0.15, 0.2) is 0 Å². The van der Waals surface area contributed by atoms with Crippen molar-refractivity contribution in [3.05, 3.63) is 33.8 Å². The minimum atomic E-state index is -4.13. The molecule has 1 saturated heterocycles. The summed E-state index contributed by atoms with van der Waals surface area (Å²) in [6.45, 7) is 4.83. The zero-order valence-electron chi connectivity index (χ0n) is 17.7. The summed E-state index contributed by atoms with van der Waals surface area (Å²) in [5.74, 6) is 0.249. The van der Waals surface area contributed by atoms with E-state index in [1.807, 2.05) is 19.9 Å². The highest BCUT2D eigenvalue weighted by Crippen LogP contribution is 2.45. The Kier molecular flexibility index (Phi) is 6.41. The molecule has 10 heteroatoms. The number of thiophene rings is 1. The van der Waals surface area contributed by atoms with Crippen LogP contribution >= 0.6 is 11.3 Å². The highest BCUT2D eigenvalue weighted by molar-refractivity contribution is 7.12. The van der Waals surface area contributed by atoms with Gasteiger partial charge in [-0.3, -0.25) is 14.4 Å². The van der Waals surface area contributed by atoms with E-state index in [0.717, 1.165) is 30.7 Å². The van der Waals surface area contributed by atoms with E-state index in [0.29, 0.717) is 36.3 Å². The second-order valence-electron chi connectivity index (χ2n) is 8.44. The van der Waals surface area contributed by atoms with Gasteiger partial charge in [-0.1, -0.05) is 0 Å². The molecule has 2 unspecified atom stereocenters. The number of carbonyl (C=O) groups excluding carboxylic acids is 1. The predicted molar refractivity (Wildman–Crippen MR) is 115 cm³/mol. The number of amides is 1. The third-order valence-corrected chi connectivity index (χ3v) is 7.18. The summed E-state index contributed by atoms with van der Waals surface area (Å²) >= 11 is 1.65. The number of likely N-dealkylation sites (tertiary alicyclic amines) is 1. The van der Waals surface area contributed by atoms with Crippen LogP contribution in [0.2, 0.25) is 0 Å². The van der Waals surface area contributed by atoms with Crippen LogP contribution in [0.15, 0.2) is 18.5 Å². The van der Waals surface area contributed by atoms with Gasteiger partial charge in [-0.25, -0.2) is 0 Å². The van der Waals surface area contributed by atoms with Gasteiger partial charge < -0.3 is 10.6 Å². The molecule has 2 atom stereocenters. The molecule has 1 aliphatic carbocycles. The van der Waals surface area contributed by atoms with E-state index < -0.39 is 12.7 Å². The van der Waals surface area contributed by atoms with Crippen molar-refractivity contribution in [2.24, 2.45) is 0 Å². The number of hydrogen-bond acceptors (Lipinski definition) is 5. The number of carbonyl (C=O) groups is 1. The van der Waals surface area contributed by atoms with Crippen LogP contribution < -0.4 is 10.6 Å². The molecule has 2 fully saturated rings. The fraction of sp³-hybridized carbons (Fsp3) is 0.619. The molecule has 31 heavy (non-hydrogen) atoms. The van der Waals surface area contributed by atoms with Gasteiger partial charge in [-0.05, 0) is 52.3 Å². The zero-order valence-corrected chi connectivity index (χ0v) is 18.5. The lowest BCUT2D eigenvalue weighted by Gasteiger charge is -2.33. The smallest absolute Gasteiger partial charge is 0.319 e. The van der Waals surface area contributed by atoms with Gasteiger partial charge in [0.25, 0.3) is 5.91 Å². The number of rotatable bonds is 7. The second kappa shape index (κ2) is 8.91.